The zero-order valence-electron chi connectivity index (χ0n) is 14.2. The van der Waals surface area contributed by atoms with Gasteiger partial charge in [0.05, 0.1) is 16.1 Å². The molecule has 2 aliphatic rings. The van der Waals surface area contributed by atoms with Crippen LogP contribution in [0.2, 0.25) is 0 Å². The lowest BCUT2D eigenvalue weighted by molar-refractivity contribution is -0.131. The van der Waals surface area contributed by atoms with Gasteiger partial charge < -0.3 is 15.0 Å². The highest BCUT2D eigenvalue weighted by Crippen LogP contribution is 2.30. The van der Waals surface area contributed by atoms with E-state index in [0.29, 0.717) is 24.9 Å². The number of para-hydroxylation sites is 1. The fourth-order valence-electron chi connectivity index (χ4n) is 3.60. The van der Waals surface area contributed by atoms with Crippen molar-refractivity contribution in [3.8, 4) is 0 Å². The fourth-order valence-corrected chi connectivity index (χ4v) is 4.55. The molecule has 1 aromatic carbocycles. The van der Waals surface area contributed by atoms with Crippen molar-refractivity contribution in [2.45, 2.75) is 32.2 Å². The molecular weight excluding hydrogens is 338 g/mol. The second-order valence-electron chi connectivity index (χ2n) is 6.72. The van der Waals surface area contributed by atoms with Gasteiger partial charge in [0.1, 0.15) is 0 Å². The SMILES string of the molecule is Cc1cccc2sc(NC(=O)C3CC(=O)N(C4CCOCC4)C3)nc12. The molecule has 0 radical (unpaired) electrons. The number of aryl methyl sites for hydroxylation is 1. The van der Waals surface area contributed by atoms with Gasteiger partial charge in [-0.05, 0) is 31.4 Å². The molecule has 2 amide bonds. The van der Waals surface area contributed by atoms with Gasteiger partial charge >= 0.3 is 0 Å². The molecule has 0 aliphatic carbocycles. The van der Waals surface area contributed by atoms with E-state index in [0.717, 1.165) is 28.6 Å². The fraction of sp³-hybridized carbons (Fsp3) is 0.500. The first kappa shape index (κ1) is 16.5. The quantitative estimate of drug-likeness (QED) is 0.914. The molecule has 1 unspecified atom stereocenters. The number of nitrogens with one attached hydrogen (secondary N) is 1. The Bertz CT molecular complexity index is 813. The number of fused-ring (bicyclic) bond motifs is 1. The summed E-state index contributed by atoms with van der Waals surface area (Å²) in [7, 11) is 0. The van der Waals surface area contributed by atoms with Crippen LogP contribution in [-0.2, 0) is 14.3 Å². The number of hydrogen-bond acceptors (Lipinski definition) is 5. The summed E-state index contributed by atoms with van der Waals surface area (Å²) in [5.74, 6) is -0.338. The lowest BCUT2D eigenvalue weighted by Gasteiger charge is -2.31. The van der Waals surface area contributed by atoms with Gasteiger partial charge in [0, 0.05) is 32.2 Å². The molecule has 4 rings (SSSR count). The van der Waals surface area contributed by atoms with Crippen LogP contribution in [0.5, 0.6) is 0 Å². The number of carbonyl (C=O) groups is 2. The number of carbonyl (C=O) groups excluding carboxylic acids is 2. The van der Waals surface area contributed by atoms with Crippen LogP contribution < -0.4 is 5.32 Å². The number of likely N-dealkylation sites (tertiary alicyclic amines) is 1. The molecule has 0 saturated carbocycles. The molecule has 2 aromatic rings. The van der Waals surface area contributed by atoms with E-state index in [2.05, 4.69) is 10.3 Å². The predicted molar refractivity (Wildman–Crippen MR) is 96.6 cm³/mol. The van der Waals surface area contributed by atoms with Gasteiger partial charge in [0.2, 0.25) is 11.8 Å². The van der Waals surface area contributed by atoms with E-state index in [9.17, 15) is 9.59 Å². The van der Waals surface area contributed by atoms with E-state index in [1.807, 2.05) is 30.0 Å². The normalized spacial score (nSPS) is 21.9. The molecule has 1 aromatic heterocycles. The number of anilines is 1. The molecule has 3 heterocycles. The predicted octanol–water partition coefficient (Wildman–Crippen LogP) is 2.57. The topological polar surface area (TPSA) is 71.5 Å². The summed E-state index contributed by atoms with van der Waals surface area (Å²) in [6, 6.07) is 6.21. The van der Waals surface area contributed by atoms with Crippen molar-refractivity contribution in [3.63, 3.8) is 0 Å². The number of amides is 2. The second kappa shape index (κ2) is 6.72. The van der Waals surface area contributed by atoms with E-state index in [4.69, 9.17) is 4.74 Å². The zero-order chi connectivity index (χ0) is 17.4. The molecule has 6 nitrogen and oxygen atoms in total. The number of hydrogen-bond donors (Lipinski definition) is 1. The summed E-state index contributed by atoms with van der Waals surface area (Å²) in [6.45, 7) is 3.89. The monoisotopic (exact) mass is 359 g/mol. The van der Waals surface area contributed by atoms with E-state index < -0.39 is 0 Å². The molecule has 7 heteroatoms. The van der Waals surface area contributed by atoms with Crippen LogP contribution in [0, 0.1) is 12.8 Å². The van der Waals surface area contributed by atoms with E-state index in [-0.39, 0.29) is 30.2 Å². The third-order valence-electron chi connectivity index (χ3n) is 5.01. The smallest absolute Gasteiger partial charge is 0.231 e. The Morgan fingerprint density at radius 2 is 2.16 bits per heavy atom. The van der Waals surface area contributed by atoms with Crippen molar-refractivity contribution < 1.29 is 14.3 Å². The van der Waals surface area contributed by atoms with Crippen LogP contribution >= 0.6 is 11.3 Å². The first-order chi connectivity index (χ1) is 12.1. The Hall–Kier alpha value is -1.99. The van der Waals surface area contributed by atoms with Crippen molar-refractivity contribution in [1.29, 1.82) is 0 Å². The Morgan fingerprint density at radius 1 is 1.36 bits per heavy atom. The number of aromatic nitrogens is 1. The number of nitrogens with zero attached hydrogens (tertiary/aromatic N) is 2. The summed E-state index contributed by atoms with van der Waals surface area (Å²) >= 11 is 1.47. The first-order valence-electron chi connectivity index (χ1n) is 8.66. The Morgan fingerprint density at radius 3 is 2.92 bits per heavy atom. The third-order valence-corrected chi connectivity index (χ3v) is 5.95. The van der Waals surface area contributed by atoms with Gasteiger partial charge in [0.15, 0.2) is 5.13 Å². The highest BCUT2D eigenvalue weighted by molar-refractivity contribution is 7.22. The Labute approximate surface area is 150 Å². The van der Waals surface area contributed by atoms with Crippen molar-refractivity contribution in [2.75, 3.05) is 25.1 Å². The molecule has 2 saturated heterocycles. The van der Waals surface area contributed by atoms with E-state index >= 15 is 0 Å². The minimum Gasteiger partial charge on any atom is -0.381 e. The summed E-state index contributed by atoms with van der Waals surface area (Å²) in [5, 5.41) is 3.51. The van der Waals surface area contributed by atoms with Gasteiger partial charge in [-0.25, -0.2) is 4.98 Å². The van der Waals surface area contributed by atoms with E-state index in [1.54, 1.807) is 0 Å². The maximum atomic E-state index is 12.6. The van der Waals surface area contributed by atoms with Crippen LogP contribution in [-0.4, -0.2) is 47.5 Å². The molecule has 0 spiro atoms. The number of rotatable bonds is 3. The summed E-state index contributed by atoms with van der Waals surface area (Å²) in [6.07, 6.45) is 2.00. The van der Waals surface area contributed by atoms with Gasteiger partial charge in [0.25, 0.3) is 0 Å². The van der Waals surface area contributed by atoms with Crippen LogP contribution in [0.15, 0.2) is 18.2 Å². The standard InChI is InChI=1S/C18H21N3O3S/c1-11-3-2-4-14-16(11)19-18(25-14)20-17(23)12-9-15(22)21(10-12)13-5-7-24-8-6-13/h2-4,12-13H,5-10H2,1H3,(H,19,20,23). The molecule has 1 N–H and O–H groups in total. The van der Waals surface area contributed by atoms with Crippen LogP contribution in [0.4, 0.5) is 5.13 Å². The third kappa shape index (κ3) is 3.26. The highest BCUT2D eigenvalue weighted by atomic mass is 32.1. The minimum atomic E-state index is -0.302. The van der Waals surface area contributed by atoms with Crippen molar-refractivity contribution in [1.82, 2.24) is 9.88 Å². The minimum absolute atomic E-state index is 0.0761. The summed E-state index contributed by atoms with van der Waals surface area (Å²) in [5.41, 5.74) is 2.02. The molecule has 2 fully saturated rings. The first-order valence-corrected chi connectivity index (χ1v) is 9.47. The summed E-state index contributed by atoms with van der Waals surface area (Å²) < 4.78 is 6.42. The van der Waals surface area contributed by atoms with Gasteiger partial charge in [-0.3, -0.25) is 9.59 Å². The molecule has 132 valence electrons. The molecule has 1 atom stereocenters. The molecule has 2 aliphatic heterocycles. The molecular formula is C18H21N3O3S. The van der Waals surface area contributed by atoms with Crippen LogP contribution in [0.3, 0.4) is 0 Å². The second-order valence-corrected chi connectivity index (χ2v) is 7.75. The Kier molecular flexibility index (Phi) is 4.43. The summed E-state index contributed by atoms with van der Waals surface area (Å²) in [4.78, 5) is 31.3. The van der Waals surface area contributed by atoms with Crippen LogP contribution in [0.1, 0.15) is 24.8 Å². The lowest BCUT2D eigenvalue weighted by atomic mass is 10.1. The van der Waals surface area contributed by atoms with Gasteiger partial charge in [-0.15, -0.1) is 0 Å². The van der Waals surface area contributed by atoms with Gasteiger partial charge in [-0.2, -0.15) is 0 Å². The Balaban J connectivity index is 1.44. The van der Waals surface area contributed by atoms with Gasteiger partial charge in [-0.1, -0.05) is 23.5 Å². The van der Waals surface area contributed by atoms with Crippen LogP contribution in [0.25, 0.3) is 10.2 Å². The maximum absolute atomic E-state index is 12.6. The highest BCUT2D eigenvalue weighted by Gasteiger charge is 2.38. The van der Waals surface area contributed by atoms with Crippen molar-refractivity contribution >= 4 is 38.5 Å². The van der Waals surface area contributed by atoms with Crippen molar-refractivity contribution in [2.24, 2.45) is 5.92 Å². The maximum Gasteiger partial charge on any atom is 0.231 e. The zero-order valence-corrected chi connectivity index (χ0v) is 15.0. The van der Waals surface area contributed by atoms with Crippen molar-refractivity contribution in [3.05, 3.63) is 23.8 Å². The lowest BCUT2D eigenvalue weighted by Crippen LogP contribution is -2.40. The number of thiazole rings is 1. The average Bonchev–Trinajstić information content (AvgIpc) is 3.20. The molecule has 25 heavy (non-hydrogen) atoms. The number of benzene rings is 1. The van der Waals surface area contributed by atoms with E-state index in [1.165, 1.54) is 11.3 Å². The largest absolute Gasteiger partial charge is 0.381 e. The number of ether oxygens (including phenoxy) is 1. The molecule has 0 bridgehead atoms. The average molecular weight is 359 g/mol.